The lowest BCUT2D eigenvalue weighted by Gasteiger charge is -2.28. The Kier molecular flexibility index (Phi) is 5.94. The van der Waals surface area contributed by atoms with Gasteiger partial charge in [-0.2, -0.15) is 0 Å². The Balaban J connectivity index is 1.86. The van der Waals surface area contributed by atoms with Gasteiger partial charge in [-0.1, -0.05) is 84.0 Å². The van der Waals surface area contributed by atoms with E-state index in [2.05, 4.69) is 53.7 Å². The number of carbonyl (C=O) groups is 1. The van der Waals surface area contributed by atoms with Crippen LogP contribution in [0.4, 0.5) is 0 Å². The maximum absolute atomic E-state index is 13.0. The summed E-state index contributed by atoms with van der Waals surface area (Å²) in [6, 6.07) is 16.1. The Labute approximate surface area is 180 Å². The minimum atomic E-state index is -0.206. The first-order valence-corrected chi connectivity index (χ1v) is 10.5. The second-order valence-electron chi connectivity index (χ2n) is 10.2. The van der Waals surface area contributed by atoms with E-state index in [4.69, 9.17) is 0 Å². The van der Waals surface area contributed by atoms with E-state index in [1.807, 2.05) is 53.4 Å². The first-order chi connectivity index (χ1) is 13.9. The molecular formula is C27H33NO2. The molecule has 3 aromatic rings. The lowest BCUT2D eigenvalue weighted by molar-refractivity contribution is 0.0992. The third-order valence-corrected chi connectivity index (χ3v) is 5.43. The van der Waals surface area contributed by atoms with Gasteiger partial charge in [0.05, 0.1) is 0 Å². The molecule has 2 aromatic carbocycles. The smallest absolute Gasteiger partial charge is 0.168 e. The predicted octanol–water partition coefficient (Wildman–Crippen LogP) is 6.26. The molecule has 1 N–H and O–H groups in total. The van der Waals surface area contributed by atoms with Crippen LogP contribution >= 0.6 is 0 Å². The van der Waals surface area contributed by atoms with E-state index in [1.165, 1.54) is 5.56 Å². The molecule has 158 valence electrons. The highest BCUT2D eigenvalue weighted by Crippen LogP contribution is 2.40. The van der Waals surface area contributed by atoms with Gasteiger partial charge in [0.15, 0.2) is 5.78 Å². The molecule has 0 amide bonds. The summed E-state index contributed by atoms with van der Waals surface area (Å²) in [5, 5.41) is 10.9. The quantitative estimate of drug-likeness (QED) is 0.511. The molecule has 1 heterocycles. The number of phenols is 1. The highest BCUT2D eigenvalue weighted by atomic mass is 16.3. The zero-order valence-corrected chi connectivity index (χ0v) is 19.0. The van der Waals surface area contributed by atoms with Crippen molar-refractivity contribution in [1.29, 1.82) is 0 Å². The number of carbonyl (C=O) groups excluding carboxylic acids is 1. The van der Waals surface area contributed by atoms with Crippen molar-refractivity contribution in [3.8, 4) is 5.75 Å². The van der Waals surface area contributed by atoms with Crippen LogP contribution < -0.4 is 0 Å². The molecule has 30 heavy (non-hydrogen) atoms. The van der Waals surface area contributed by atoms with Crippen molar-refractivity contribution >= 4 is 5.78 Å². The molecule has 3 rings (SSSR count). The molecule has 0 aliphatic rings. The van der Waals surface area contributed by atoms with Crippen molar-refractivity contribution in [2.45, 2.75) is 65.3 Å². The standard InChI is InChI=1S/C27H33NO2/c1-26(2,3)22-14-20(15-23(25(22)30)27(4,5)6)16-24(29)21-12-13-28(18-21)17-19-10-8-7-9-11-19/h7-15,18,30H,16-17H2,1-6H3. The monoisotopic (exact) mass is 403 g/mol. The van der Waals surface area contributed by atoms with Crippen LogP contribution in [0, 0.1) is 0 Å². The molecule has 0 atom stereocenters. The Morgan fingerprint density at radius 3 is 1.97 bits per heavy atom. The maximum Gasteiger partial charge on any atom is 0.168 e. The lowest BCUT2D eigenvalue weighted by Crippen LogP contribution is -2.18. The van der Waals surface area contributed by atoms with Crippen LogP contribution in [-0.4, -0.2) is 15.5 Å². The van der Waals surface area contributed by atoms with Gasteiger partial charge in [-0.05, 0) is 39.2 Å². The fourth-order valence-electron chi connectivity index (χ4n) is 3.73. The number of nitrogens with zero attached hydrogens (tertiary/aromatic N) is 1. The number of phenolic OH excluding ortho intramolecular Hbond substituents is 1. The van der Waals surface area contributed by atoms with Gasteiger partial charge in [-0.25, -0.2) is 0 Å². The largest absolute Gasteiger partial charge is 0.507 e. The minimum absolute atomic E-state index is 0.0900. The summed E-state index contributed by atoms with van der Waals surface area (Å²) in [7, 11) is 0. The summed E-state index contributed by atoms with van der Waals surface area (Å²) in [5.74, 6) is 0.437. The van der Waals surface area contributed by atoms with Crippen molar-refractivity contribution in [3.05, 3.63) is 88.7 Å². The normalized spacial score (nSPS) is 12.2. The molecule has 0 bridgehead atoms. The fraction of sp³-hybridized carbons (Fsp3) is 0.370. The SMILES string of the molecule is CC(C)(C)c1cc(CC(=O)c2ccn(Cc3ccccc3)c2)cc(C(C)(C)C)c1O. The van der Waals surface area contributed by atoms with Crippen LogP contribution in [0.15, 0.2) is 60.9 Å². The molecule has 0 aliphatic heterocycles. The molecular weight excluding hydrogens is 370 g/mol. The number of ketones is 1. The molecule has 0 saturated carbocycles. The molecule has 3 heteroatoms. The number of aromatic nitrogens is 1. The van der Waals surface area contributed by atoms with Gasteiger partial charge in [0, 0.05) is 30.9 Å². The van der Waals surface area contributed by atoms with Gasteiger partial charge >= 0.3 is 0 Å². The average Bonchev–Trinajstić information content (AvgIpc) is 3.10. The predicted molar refractivity (Wildman–Crippen MR) is 124 cm³/mol. The van der Waals surface area contributed by atoms with Crippen molar-refractivity contribution in [1.82, 2.24) is 4.57 Å². The molecule has 0 aliphatic carbocycles. The van der Waals surface area contributed by atoms with Gasteiger partial charge in [-0.3, -0.25) is 4.79 Å². The van der Waals surface area contributed by atoms with E-state index in [9.17, 15) is 9.90 Å². The highest BCUT2D eigenvalue weighted by Gasteiger charge is 2.27. The van der Waals surface area contributed by atoms with E-state index in [1.54, 1.807) is 0 Å². The maximum atomic E-state index is 13.0. The van der Waals surface area contributed by atoms with Crippen LogP contribution in [0.25, 0.3) is 0 Å². The van der Waals surface area contributed by atoms with Gasteiger partial charge in [0.1, 0.15) is 5.75 Å². The summed E-state index contributed by atoms with van der Waals surface area (Å²) in [6.45, 7) is 13.3. The number of Topliss-reactive ketones (excluding diaryl/α,β-unsaturated/α-hetero) is 1. The van der Waals surface area contributed by atoms with Crippen molar-refractivity contribution in [2.24, 2.45) is 0 Å². The van der Waals surface area contributed by atoms with Gasteiger partial charge in [0.2, 0.25) is 0 Å². The van der Waals surface area contributed by atoms with Crippen LogP contribution in [0.2, 0.25) is 0 Å². The summed E-state index contributed by atoms with van der Waals surface area (Å²) in [5.41, 5.74) is 4.23. The zero-order chi connectivity index (χ0) is 22.1. The van der Waals surface area contributed by atoms with E-state index >= 15 is 0 Å². The van der Waals surface area contributed by atoms with E-state index < -0.39 is 0 Å². The third kappa shape index (κ3) is 5.02. The first-order valence-electron chi connectivity index (χ1n) is 10.5. The van der Waals surface area contributed by atoms with Gasteiger partial charge < -0.3 is 9.67 Å². The average molecular weight is 404 g/mol. The minimum Gasteiger partial charge on any atom is -0.507 e. The van der Waals surface area contributed by atoms with Crippen molar-refractivity contribution in [3.63, 3.8) is 0 Å². The topological polar surface area (TPSA) is 42.2 Å². The summed E-state index contributed by atoms with van der Waals surface area (Å²) < 4.78 is 2.04. The third-order valence-electron chi connectivity index (χ3n) is 5.43. The summed E-state index contributed by atoms with van der Waals surface area (Å²) in [6.07, 6.45) is 4.20. The highest BCUT2D eigenvalue weighted by molar-refractivity contribution is 5.97. The zero-order valence-electron chi connectivity index (χ0n) is 19.0. The van der Waals surface area contributed by atoms with Crippen LogP contribution in [0.5, 0.6) is 5.75 Å². The van der Waals surface area contributed by atoms with Crippen LogP contribution in [-0.2, 0) is 23.8 Å². The number of rotatable bonds is 5. The molecule has 0 radical (unpaired) electrons. The molecule has 0 fully saturated rings. The lowest BCUT2D eigenvalue weighted by atomic mass is 9.78. The number of hydrogen-bond donors (Lipinski definition) is 1. The Hall–Kier alpha value is -2.81. The van der Waals surface area contributed by atoms with Gasteiger partial charge in [-0.15, -0.1) is 0 Å². The second kappa shape index (κ2) is 8.14. The van der Waals surface area contributed by atoms with Gasteiger partial charge in [0.25, 0.3) is 0 Å². The van der Waals surface area contributed by atoms with Crippen LogP contribution in [0.1, 0.15) is 74.2 Å². The Morgan fingerprint density at radius 2 is 1.43 bits per heavy atom. The van der Waals surface area contributed by atoms with Crippen molar-refractivity contribution in [2.75, 3.05) is 0 Å². The number of hydrogen-bond acceptors (Lipinski definition) is 2. The Bertz CT molecular complexity index is 996. The van der Waals surface area contributed by atoms with E-state index in [0.717, 1.165) is 23.2 Å². The molecule has 1 aromatic heterocycles. The molecule has 0 spiro atoms. The van der Waals surface area contributed by atoms with E-state index in [0.29, 0.717) is 17.7 Å². The molecule has 0 unspecified atom stereocenters. The first kappa shape index (κ1) is 21.9. The van der Waals surface area contributed by atoms with E-state index in [-0.39, 0.29) is 16.6 Å². The second-order valence-corrected chi connectivity index (χ2v) is 10.2. The summed E-state index contributed by atoms with van der Waals surface area (Å²) >= 11 is 0. The number of benzene rings is 2. The number of aromatic hydroxyl groups is 1. The summed E-state index contributed by atoms with van der Waals surface area (Å²) in [4.78, 5) is 13.0. The molecule has 0 saturated heterocycles. The fourth-order valence-corrected chi connectivity index (χ4v) is 3.73. The van der Waals surface area contributed by atoms with Crippen LogP contribution in [0.3, 0.4) is 0 Å². The molecule has 3 nitrogen and oxygen atoms in total. The Morgan fingerprint density at radius 1 is 0.867 bits per heavy atom. The van der Waals surface area contributed by atoms with Crippen molar-refractivity contribution < 1.29 is 9.90 Å².